The zero-order chi connectivity index (χ0) is 19.6. The molecule has 27 heavy (non-hydrogen) atoms. The van der Waals surface area contributed by atoms with Crippen LogP contribution in [0.3, 0.4) is 0 Å². The molecule has 2 N–H and O–H groups in total. The molecule has 0 spiro atoms. The summed E-state index contributed by atoms with van der Waals surface area (Å²) in [7, 11) is 1.61. The van der Waals surface area contributed by atoms with Gasteiger partial charge < -0.3 is 15.4 Å². The van der Waals surface area contributed by atoms with Crippen LogP contribution >= 0.6 is 11.6 Å². The SMILES string of the molecule is COCCNC(=O)CN1CCN(C(C)C(=O)NCc2ccccc2Cl)CC1. The van der Waals surface area contributed by atoms with E-state index in [1.807, 2.05) is 31.2 Å². The molecule has 1 atom stereocenters. The normalized spacial score (nSPS) is 16.7. The number of rotatable bonds is 9. The van der Waals surface area contributed by atoms with Crippen molar-refractivity contribution in [1.29, 1.82) is 0 Å². The van der Waals surface area contributed by atoms with Crippen molar-refractivity contribution in [2.24, 2.45) is 0 Å². The second-order valence-corrected chi connectivity index (χ2v) is 7.05. The van der Waals surface area contributed by atoms with Crippen molar-refractivity contribution in [3.63, 3.8) is 0 Å². The minimum atomic E-state index is -0.217. The average molecular weight is 397 g/mol. The number of nitrogens with zero attached hydrogens (tertiary/aromatic N) is 2. The van der Waals surface area contributed by atoms with E-state index in [4.69, 9.17) is 16.3 Å². The lowest BCUT2D eigenvalue weighted by atomic mass is 10.2. The minimum Gasteiger partial charge on any atom is -0.383 e. The lowest BCUT2D eigenvalue weighted by Gasteiger charge is -2.37. The van der Waals surface area contributed by atoms with Crippen molar-refractivity contribution >= 4 is 23.4 Å². The molecule has 1 unspecified atom stereocenters. The highest BCUT2D eigenvalue weighted by atomic mass is 35.5. The van der Waals surface area contributed by atoms with Gasteiger partial charge in [-0.25, -0.2) is 0 Å². The molecular formula is C19H29ClN4O3. The monoisotopic (exact) mass is 396 g/mol. The van der Waals surface area contributed by atoms with Gasteiger partial charge in [0, 0.05) is 51.4 Å². The van der Waals surface area contributed by atoms with E-state index in [9.17, 15) is 9.59 Å². The number of piperazine rings is 1. The van der Waals surface area contributed by atoms with E-state index in [2.05, 4.69) is 20.4 Å². The summed E-state index contributed by atoms with van der Waals surface area (Å²) in [6, 6.07) is 7.28. The third-order valence-corrected chi connectivity index (χ3v) is 5.11. The Morgan fingerprint density at radius 1 is 1.19 bits per heavy atom. The second kappa shape index (κ2) is 11.2. The van der Waals surface area contributed by atoms with E-state index in [0.29, 0.717) is 31.3 Å². The Morgan fingerprint density at radius 3 is 2.56 bits per heavy atom. The van der Waals surface area contributed by atoms with Gasteiger partial charge in [0.25, 0.3) is 0 Å². The highest BCUT2D eigenvalue weighted by Gasteiger charge is 2.26. The van der Waals surface area contributed by atoms with Crippen molar-refractivity contribution in [3.05, 3.63) is 34.9 Å². The second-order valence-electron chi connectivity index (χ2n) is 6.64. The summed E-state index contributed by atoms with van der Waals surface area (Å²) in [6.07, 6.45) is 0. The van der Waals surface area contributed by atoms with Crippen LogP contribution < -0.4 is 10.6 Å². The molecule has 1 saturated heterocycles. The number of nitrogens with one attached hydrogen (secondary N) is 2. The van der Waals surface area contributed by atoms with Gasteiger partial charge in [-0.15, -0.1) is 0 Å². The van der Waals surface area contributed by atoms with Gasteiger partial charge >= 0.3 is 0 Å². The third kappa shape index (κ3) is 7.10. The summed E-state index contributed by atoms with van der Waals surface area (Å²) in [5, 5.41) is 6.44. The Morgan fingerprint density at radius 2 is 1.89 bits per heavy atom. The Kier molecular flexibility index (Phi) is 9.00. The van der Waals surface area contributed by atoms with Gasteiger partial charge in [-0.05, 0) is 18.6 Å². The van der Waals surface area contributed by atoms with Crippen LogP contribution in [0.4, 0.5) is 0 Å². The van der Waals surface area contributed by atoms with Gasteiger partial charge in [-0.3, -0.25) is 19.4 Å². The first kappa shape index (κ1) is 21.6. The van der Waals surface area contributed by atoms with Gasteiger partial charge in [-0.2, -0.15) is 0 Å². The molecule has 0 saturated carbocycles. The van der Waals surface area contributed by atoms with Crippen LogP contribution in [-0.4, -0.2) is 80.6 Å². The highest BCUT2D eigenvalue weighted by Crippen LogP contribution is 2.14. The summed E-state index contributed by atoms with van der Waals surface area (Å²) in [6.45, 7) is 6.79. The summed E-state index contributed by atoms with van der Waals surface area (Å²) in [5.41, 5.74) is 0.907. The molecule has 1 aliphatic rings. The quantitative estimate of drug-likeness (QED) is 0.602. The van der Waals surface area contributed by atoms with Crippen LogP contribution in [0.5, 0.6) is 0 Å². The molecule has 1 fully saturated rings. The third-order valence-electron chi connectivity index (χ3n) is 4.74. The van der Waals surface area contributed by atoms with Crippen molar-refractivity contribution in [3.8, 4) is 0 Å². The molecule has 0 bridgehead atoms. The number of benzene rings is 1. The Hall–Kier alpha value is -1.67. The number of hydrogen-bond donors (Lipinski definition) is 2. The van der Waals surface area contributed by atoms with Gasteiger partial charge in [0.2, 0.25) is 11.8 Å². The fraction of sp³-hybridized carbons (Fsp3) is 0.579. The standard InChI is InChI=1S/C19H29ClN4O3/c1-15(19(26)22-13-16-5-3-4-6-17(16)20)24-10-8-23(9-11-24)14-18(25)21-7-12-27-2/h3-6,15H,7-14H2,1-2H3,(H,21,25)(H,22,26). The maximum absolute atomic E-state index is 12.4. The lowest BCUT2D eigenvalue weighted by Crippen LogP contribution is -2.55. The molecule has 2 amide bonds. The first-order valence-electron chi connectivity index (χ1n) is 9.24. The predicted molar refractivity (Wildman–Crippen MR) is 106 cm³/mol. The van der Waals surface area contributed by atoms with E-state index in [0.717, 1.165) is 31.7 Å². The number of carbonyl (C=O) groups excluding carboxylic acids is 2. The Balaban J connectivity index is 1.70. The van der Waals surface area contributed by atoms with Crippen LogP contribution in [0.15, 0.2) is 24.3 Å². The summed E-state index contributed by atoms with van der Waals surface area (Å²) >= 11 is 6.13. The van der Waals surface area contributed by atoms with E-state index in [1.165, 1.54) is 0 Å². The lowest BCUT2D eigenvalue weighted by molar-refractivity contribution is -0.128. The van der Waals surface area contributed by atoms with E-state index in [-0.39, 0.29) is 17.9 Å². The van der Waals surface area contributed by atoms with Gasteiger partial charge in [-0.1, -0.05) is 29.8 Å². The van der Waals surface area contributed by atoms with E-state index in [1.54, 1.807) is 7.11 Å². The highest BCUT2D eigenvalue weighted by molar-refractivity contribution is 6.31. The largest absolute Gasteiger partial charge is 0.383 e. The van der Waals surface area contributed by atoms with Crippen molar-refractivity contribution in [1.82, 2.24) is 20.4 Å². The smallest absolute Gasteiger partial charge is 0.237 e. The zero-order valence-electron chi connectivity index (χ0n) is 16.0. The maximum atomic E-state index is 12.4. The molecule has 1 aliphatic heterocycles. The molecular weight excluding hydrogens is 368 g/mol. The van der Waals surface area contributed by atoms with E-state index >= 15 is 0 Å². The van der Waals surface area contributed by atoms with Crippen molar-refractivity contribution in [2.75, 3.05) is 53.0 Å². The fourth-order valence-electron chi connectivity index (χ4n) is 3.00. The fourth-order valence-corrected chi connectivity index (χ4v) is 3.20. The van der Waals surface area contributed by atoms with Crippen LogP contribution in [0.2, 0.25) is 5.02 Å². The average Bonchev–Trinajstić information content (AvgIpc) is 2.67. The molecule has 0 aromatic heterocycles. The predicted octanol–water partition coefficient (Wildman–Crippen LogP) is 0.725. The molecule has 0 aliphatic carbocycles. The molecule has 2 rings (SSSR count). The number of hydrogen-bond acceptors (Lipinski definition) is 5. The molecule has 1 aromatic carbocycles. The van der Waals surface area contributed by atoms with Crippen LogP contribution in [-0.2, 0) is 20.9 Å². The van der Waals surface area contributed by atoms with Gasteiger partial charge in [0.05, 0.1) is 19.2 Å². The molecule has 1 heterocycles. The number of carbonyl (C=O) groups is 2. The van der Waals surface area contributed by atoms with Crippen LogP contribution in [0.1, 0.15) is 12.5 Å². The Labute approximate surface area is 166 Å². The summed E-state index contributed by atoms with van der Waals surface area (Å²) in [5.74, 6) is -0.00768. The summed E-state index contributed by atoms with van der Waals surface area (Å²) < 4.78 is 4.92. The Bertz CT molecular complexity index is 621. The number of amides is 2. The van der Waals surface area contributed by atoms with Gasteiger partial charge in [0.15, 0.2) is 0 Å². The van der Waals surface area contributed by atoms with Crippen LogP contribution in [0.25, 0.3) is 0 Å². The van der Waals surface area contributed by atoms with E-state index < -0.39 is 0 Å². The molecule has 150 valence electrons. The maximum Gasteiger partial charge on any atom is 0.237 e. The van der Waals surface area contributed by atoms with Crippen LogP contribution in [0, 0.1) is 0 Å². The molecule has 8 heteroatoms. The topological polar surface area (TPSA) is 73.9 Å². The first-order chi connectivity index (χ1) is 13.0. The van der Waals surface area contributed by atoms with Gasteiger partial charge in [0.1, 0.15) is 0 Å². The molecule has 0 radical (unpaired) electrons. The molecule has 1 aromatic rings. The summed E-state index contributed by atoms with van der Waals surface area (Å²) in [4.78, 5) is 28.6. The zero-order valence-corrected chi connectivity index (χ0v) is 16.8. The number of methoxy groups -OCH3 is 1. The van der Waals surface area contributed by atoms with Crippen molar-refractivity contribution < 1.29 is 14.3 Å². The minimum absolute atomic E-state index is 0.00558. The number of ether oxygens (including phenoxy) is 1. The first-order valence-corrected chi connectivity index (χ1v) is 9.62. The molecule has 7 nitrogen and oxygen atoms in total. The number of halogens is 1. The van der Waals surface area contributed by atoms with Crippen molar-refractivity contribution in [2.45, 2.75) is 19.5 Å².